The van der Waals surface area contributed by atoms with Gasteiger partial charge in [-0.05, 0) is 30.9 Å². The zero-order chi connectivity index (χ0) is 18.9. The van der Waals surface area contributed by atoms with E-state index in [2.05, 4.69) is 16.5 Å². The van der Waals surface area contributed by atoms with Gasteiger partial charge in [-0.15, -0.1) is 0 Å². The van der Waals surface area contributed by atoms with Crippen molar-refractivity contribution in [2.75, 3.05) is 31.2 Å². The Morgan fingerprint density at radius 1 is 1.33 bits per heavy atom. The summed E-state index contributed by atoms with van der Waals surface area (Å²) in [5, 5.41) is 8.50. The number of anilines is 1. The van der Waals surface area contributed by atoms with Crippen LogP contribution >= 0.6 is 11.6 Å². The normalized spacial score (nSPS) is 22.4. The first-order chi connectivity index (χ1) is 13.1. The highest BCUT2D eigenvalue weighted by Crippen LogP contribution is 2.38. The second-order valence-corrected chi connectivity index (χ2v) is 7.86. The number of carbonyl (C=O) groups is 1. The zero-order valence-corrected chi connectivity index (χ0v) is 16.3. The van der Waals surface area contributed by atoms with Gasteiger partial charge in [-0.25, -0.2) is 0 Å². The van der Waals surface area contributed by atoms with Gasteiger partial charge in [0.05, 0.1) is 17.9 Å². The topological polar surface area (TPSA) is 59.4 Å². The number of benzene rings is 1. The number of hydrogen-bond donors (Lipinski definition) is 1. The van der Waals surface area contributed by atoms with Crippen LogP contribution in [-0.2, 0) is 22.0 Å². The summed E-state index contributed by atoms with van der Waals surface area (Å²) >= 11 is 6.52. The van der Waals surface area contributed by atoms with Gasteiger partial charge in [0.25, 0.3) is 0 Å². The Labute approximate surface area is 164 Å². The quantitative estimate of drug-likeness (QED) is 0.855. The van der Waals surface area contributed by atoms with E-state index in [9.17, 15) is 4.79 Å². The summed E-state index contributed by atoms with van der Waals surface area (Å²) in [6.07, 6.45) is 6.21. The first-order valence-corrected chi connectivity index (χ1v) is 9.83. The van der Waals surface area contributed by atoms with Gasteiger partial charge in [-0.1, -0.05) is 29.8 Å². The average Bonchev–Trinajstić information content (AvgIpc) is 3.26. The van der Waals surface area contributed by atoms with E-state index in [-0.39, 0.29) is 17.4 Å². The summed E-state index contributed by atoms with van der Waals surface area (Å²) in [4.78, 5) is 14.7. The van der Waals surface area contributed by atoms with Gasteiger partial charge in [0.2, 0.25) is 5.91 Å². The molecule has 3 heterocycles. The van der Waals surface area contributed by atoms with Crippen LogP contribution in [0.25, 0.3) is 0 Å². The molecule has 2 aliphatic heterocycles. The van der Waals surface area contributed by atoms with Gasteiger partial charge in [0, 0.05) is 50.0 Å². The lowest BCUT2D eigenvalue weighted by molar-refractivity contribution is -0.118. The number of ether oxygens (including phenoxy) is 1. The Bertz CT molecular complexity index is 816. The van der Waals surface area contributed by atoms with Crippen molar-refractivity contribution in [1.29, 1.82) is 0 Å². The minimum absolute atomic E-state index is 0.0986. The summed E-state index contributed by atoms with van der Waals surface area (Å²) in [5.74, 6) is 0.115. The number of rotatable bonds is 5. The van der Waals surface area contributed by atoms with Crippen molar-refractivity contribution >= 4 is 23.2 Å². The molecular weight excluding hydrogens is 364 g/mol. The van der Waals surface area contributed by atoms with Crippen LogP contribution in [0.2, 0.25) is 5.02 Å². The first kappa shape index (κ1) is 18.5. The molecule has 1 N–H and O–H groups in total. The number of aryl methyl sites for hydroxylation is 1. The molecule has 1 unspecified atom stereocenters. The maximum absolute atomic E-state index is 12.9. The van der Waals surface area contributed by atoms with E-state index in [1.54, 1.807) is 10.9 Å². The standard InChI is InChI=1S/C20H25ClN4O2/c1-24-13-15(12-23-24)25-9-6-18(19(25)26)22-14-20(7-10-27-11-8-20)16-4-2-3-5-17(16)21/h2-5,12-13,18,22H,6-11,14H2,1H3. The van der Waals surface area contributed by atoms with E-state index in [0.29, 0.717) is 19.8 Å². The molecule has 1 amide bonds. The summed E-state index contributed by atoms with van der Waals surface area (Å²) in [6, 6.07) is 7.86. The predicted molar refractivity (Wildman–Crippen MR) is 105 cm³/mol. The first-order valence-electron chi connectivity index (χ1n) is 9.45. The highest BCUT2D eigenvalue weighted by Gasteiger charge is 2.39. The molecule has 1 aromatic carbocycles. The van der Waals surface area contributed by atoms with Gasteiger partial charge in [0.1, 0.15) is 0 Å². The van der Waals surface area contributed by atoms with Crippen LogP contribution < -0.4 is 10.2 Å². The highest BCUT2D eigenvalue weighted by atomic mass is 35.5. The maximum atomic E-state index is 12.9. The van der Waals surface area contributed by atoms with Crippen LogP contribution in [0.1, 0.15) is 24.8 Å². The average molecular weight is 389 g/mol. The molecule has 0 spiro atoms. The molecule has 0 saturated carbocycles. The molecule has 2 aromatic rings. The summed E-state index contributed by atoms with van der Waals surface area (Å²) < 4.78 is 7.32. The number of hydrogen-bond acceptors (Lipinski definition) is 4. The third-order valence-electron chi connectivity index (χ3n) is 5.79. The largest absolute Gasteiger partial charge is 0.381 e. The Morgan fingerprint density at radius 3 is 2.81 bits per heavy atom. The minimum atomic E-state index is -0.174. The summed E-state index contributed by atoms with van der Waals surface area (Å²) in [5.41, 5.74) is 1.91. The summed E-state index contributed by atoms with van der Waals surface area (Å²) in [7, 11) is 1.86. The molecule has 2 aliphatic rings. The van der Waals surface area contributed by atoms with Gasteiger partial charge >= 0.3 is 0 Å². The molecule has 0 radical (unpaired) electrons. The Morgan fingerprint density at radius 2 is 2.11 bits per heavy atom. The fraction of sp³-hybridized carbons (Fsp3) is 0.500. The number of nitrogens with zero attached hydrogens (tertiary/aromatic N) is 3. The molecule has 2 saturated heterocycles. The van der Waals surface area contributed by atoms with Crippen LogP contribution in [0.15, 0.2) is 36.7 Å². The molecular formula is C20H25ClN4O2. The molecule has 2 fully saturated rings. The number of carbonyl (C=O) groups excluding carboxylic acids is 1. The molecule has 4 rings (SSSR count). The van der Waals surface area contributed by atoms with Crippen LogP contribution in [0.4, 0.5) is 5.69 Å². The minimum Gasteiger partial charge on any atom is -0.381 e. The van der Waals surface area contributed by atoms with Gasteiger partial charge < -0.3 is 15.0 Å². The van der Waals surface area contributed by atoms with Crippen LogP contribution in [0, 0.1) is 0 Å². The van der Waals surface area contributed by atoms with Crippen LogP contribution in [0.3, 0.4) is 0 Å². The van der Waals surface area contributed by atoms with Crippen molar-refractivity contribution in [3.05, 3.63) is 47.2 Å². The third-order valence-corrected chi connectivity index (χ3v) is 6.12. The lowest BCUT2D eigenvalue weighted by Gasteiger charge is -2.39. The molecule has 144 valence electrons. The number of aromatic nitrogens is 2. The van der Waals surface area contributed by atoms with Crippen molar-refractivity contribution in [3.63, 3.8) is 0 Å². The van der Waals surface area contributed by atoms with Crippen LogP contribution in [-0.4, -0.2) is 48.0 Å². The molecule has 0 bridgehead atoms. The Balaban J connectivity index is 1.49. The lowest BCUT2D eigenvalue weighted by atomic mass is 9.74. The Kier molecular flexibility index (Phi) is 5.21. The van der Waals surface area contributed by atoms with Crippen molar-refractivity contribution in [3.8, 4) is 0 Å². The number of halogens is 1. The van der Waals surface area contributed by atoms with E-state index in [4.69, 9.17) is 16.3 Å². The second-order valence-electron chi connectivity index (χ2n) is 7.46. The molecule has 7 heteroatoms. The van der Waals surface area contributed by atoms with Crippen molar-refractivity contribution in [2.45, 2.75) is 30.7 Å². The van der Waals surface area contributed by atoms with E-state index < -0.39 is 0 Å². The highest BCUT2D eigenvalue weighted by molar-refractivity contribution is 6.31. The number of amides is 1. The smallest absolute Gasteiger partial charge is 0.244 e. The fourth-order valence-electron chi connectivity index (χ4n) is 4.19. The molecule has 6 nitrogen and oxygen atoms in total. The Hall–Kier alpha value is -1.89. The van der Waals surface area contributed by atoms with Crippen LogP contribution in [0.5, 0.6) is 0 Å². The van der Waals surface area contributed by atoms with Gasteiger partial charge in [-0.2, -0.15) is 5.10 Å². The number of nitrogens with one attached hydrogen (secondary N) is 1. The third kappa shape index (κ3) is 3.61. The van der Waals surface area contributed by atoms with E-state index in [1.165, 1.54) is 0 Å². The van der Waals surface area contributed by atoms with E-state index in [0.717, 1.165) is 42.1 Å². The fourth-order valence-corrected chi connectivity index (χ4v) is 4.52. The van der Waals surface area contributed by atoms with Crippen molar-refractivity contribution < 1.29 is 9.53 Å². The zero-order valence-electron chi connectivity index (χ0n) is 15.5. The monoisotopic (exact) mass is 388 g/mol. The second kappa shape index (κ2) is 7.62. The maximum Gasteiger partial charge on any atom is 0.244 e. The summed E-state index contributed by atoms with van der Waals surface area (Å²) in [6.45, 7) is 2.86. The molecule has 1 aromatic heterocycles. The van der Waals surface area contributed by atoms with Crippen molar-refractivity contribution in [1.82, 2.24) is 15.1 Å². The van der Waals surface area contributed by atoms with Gasteiger partial charge in [0.15, 0.2) is 0 Å². The van der Waals surface area contributed by atoms with E-state index in [1.807, 2.05) is 36.3 Å². The SMILES string of the molecule is Cn1cc(N2CCC(NCC3(c4ccccc4Cl)CCOCC3)C2=O)cn1. The molecule has 0 aliphatic carbocycles. The van der Waals surface area contributed by atoms with E-state index >= 15 is 0 Å². The molecule has 1 atom stereocenters. The van der Waals surface area contributed by atoms with Gasteiger partial charge in [-0.3, -0.25) is 9.48 Å². The lowest BCUT2D eigenvalue weighted by Crippen LogP contribution is -2.48. The predicted octanol–water partition coefficient (Wildman–Crippen LogP) is 2.52. The van der Waals surface area contributed by atoms with Crippen molar-refractivity contribution in [2.24, 2.45) is 7.05 Å². The molecule has 27 heavy (non-hydrogen) atoms.